The summed E-state index contributed by atoms with van der Waals surface area (Å²) in [5.41, 5.74) is 2.70. The number of nitrogens with one attached hydrogen (secondary N) is 1. The minimum Gasteiger partial charge on any atom is -0.492 e. The summed E-state index contributed by atoms with van der Waals surface area (Å²) in [6.07, 6.45) is 2.09. The number of nitrogens with zero attached hydrogens (tertiary/aromatic N) is 2. The van der Waals surface area contributed by atoms with E-state index in [9.17, 15) is 14.3 Å². The van der Waals surface area contributed by atoms with E-state index >= 15 is 0 Å². The molecule has 0 spiro atoms. The van der Waals surface area contributed by atoms with E-state index < -0.39 is 5.97 Å². The minimum absolute atomic E-state index is 0.145. The normalized spacial score (nSPS) is 11.1. The first kappa shape index (κ1) is 22.2. The molecule has 0 fully saturated rings. The molecule has 0 saturated carbocycles. The molecule has 0 aliphatic heterocycles. The number of aromatic nitrogens is 2. The molecule has 4 rings (SSSR count). The zero-order valence-electron chi connectivity index (χ0n) is 17.9. The Morgan fingerprint density at radius 1 is 1.22 bits per heavy atom. The number of rotatable bonds is 8. The highest BCUT2D eigenvalue weighted by atomic mass is 32.1. The molecule has 0 amide bonds. The zero-order valence-corrected chi connectivity index (χ0v) is 19.5. The van der Waals surface area contributed by atoms with Gasteiger partial charge in [0, 0.05) is 33.6 Å². The van der Waals surface area contributed by atoms with Crippen LogP contribution in [0.25, 0.3) is 20.7 Å². The Labute approximate surface area is 192 Å². The summed E-state index contributed by atoms with van der Waals surface area (Å²) >= 11 is 2.74. The average molecular weight is 472 g/mol. The second-order valence-electron chi connectivity index (χ2n) is 7.21. The van der Waals surface area contributed by atoms with Gasteiger partial charge in [0.1, 0.15) is 23.7 Å². The van der Waals surface area contributed by atoms with Crippen molar-refractivity contribution in [2.75, 3.05) is 18.5 Å². The van der Waals surface area contributed by atoms with E-state index in [0.717, 1.165) is 32.0 Å². The summed E-state index contributed by atoms with van der Waals surface area (Å²) in [5.74, 6) is -0.262. The fourth-order valence-electron chi connectivity index (χ4n) is 3.58. The predicted octanol–water partition coefficient (Wildman–Crippen LogP) is 5.93. The molecule has 1 aromatic carbocycles. The van der Waals surface area contributed by atoms with Gasteiger partial charge in [-0.25, -0.2) is 19.2 Å². The fourth-order valence-corrected chi connectivity index (χ4v) is 5.68. The lowest BCUT2D eigenvalue weighted by Crippen LogP contribution is -2.07. The number of thiophene rings is 2. The van der Waals surface area contributed by atoms with E-state index in [1.807, 2.05) is 19.9 Å². The van der Waals surface area contributed by atoms with Crippen LogP contribution in [0.5, 0.6) is 5.75 Å². The first-order chi connectivity index (χ1) is 15.4. The van der Waals surface area contributed by atoms with Crippen LogP contribution < -0.4 is 10.1 Å². The number of benzene rings is 1. The number of carboxylic acid groups (broad SMARTS) is 1. The highest BCUT2D eigenvalue weighted by Crippen LogP contribution is 2.37. The average Bonchev–Trinajstić information content (AvgIpc) is 3.34. The lowest BCUT2D eigenvalue weighted by atomic mass is 10.1. The Morgan fingerprint density at radius 2 is 2.03 bits per heavy atom. The lowest BCUT2D eigenvalue weighted by molar-refractivity contribution is 0.0698. The van der Waals surface area contributed by atoms with Crippen molar-refractivity contribution < 1.29 is 19.0 Å². The molecule has 3 aromatic heterocycles. The Balaban J connectivity index is 1.52. The van der Waals surface area contributed by atoms with Crippen molar-refractivity contribution in [3.63, 3.8) is 0 Å². The second-order valence-corrected chi connectivity index (χ2v) is 9.49. The smallest absolute Gasteiger partial charge is 0.349 e. The number of carboxylic acids is 1. The van der Waals surface area contributed by atoms with Crippen molar-refractivity contribution in [3.05, 3.63) is 57.3 Å². The van der Waals surface area contributed by atoms with Gasteiger partial charge in [0.05, 0.1) is 17.2 Å². The zero-order chi connectivity index (χ0) is 22.8. The van der Waals surface area contributed by atoms with Crippen molar-refractivity contribution in [2.45, 2.75) is 27.2 Å². The molecule has 32 heavy (non-hydrogen) atoms. The molecule has 3 heterocycles. The van der Waals surface area contributed by atoms with Gasteiger partial charge >= 0.3 is 5.97 Å². The second kappa shape index (κ2) is 9.22. The van der Waals surface area contributed by atoms with Gasteiger partial charge in [-0.3, -0.25) is 0 Å². The molecule has 2 N–H and O–H groups in total. The summed E-state index contributed by atoms with van der Waals surface area (Å²) in [4.78, 5) is 22.0. The number of hydrogen-bond acceptors (Lipinski definition) is 7. The Bertz CT molecular complexity index is 1300. The van der Waals surface area contributed by atoms with Gasteiger partial charge < -0.3 is 15.2 Å². The third-order valence-electron chi connectivity index (χ3n) is 5.08. The van der Waals surface area contributed by atoms with Crippen molar-refractivity contribution in [3.8, 4) is 16.3 Å². The van der Waals surface area contributed by atoms with Gasteiger partial charge in [0.15, 0.2) is 4.88 Å². The molecule has 0 radical (unpaired) electrons. The number of fused-ring (bicyclic) bond motifs is 1. The van der Waals surface area contributed by atoms with Crippen molar-refractivity contribution >= 4 is 44.5 Å². The van der Waals surface area contributed by atoms with Crippen LogP contribution in [0.3, 0.4) is 0 Å². The monoisotopic (exact) mass is 471 g/mol. The third-order valence-corrected chi connectivity index (χ3v) is 7.49. The maximum absolute atomic E-state index is 14.5. The minimum atomic E-state index is -1.03. The number of anilines is 1. The van der Waals surface area contributed by atoms with Gasteiger partial charge in [-0.05, 0) is 44.4 Å². The lowest BCUT2D eigenvalue weighted by Gasteiger charge is -2.07. The van der Waals surface area contributed by atoms with E-state index in [2.05, 4.69) is 15.3 Å². The van der Waals surface area contributed by atoms with Gasteiger partial charge in [-0.2, -0.15) is 0 Å². The maximum atomic E-state index is 14.5. The first-order valence-electron chi connectivity index (χ1n) is 10.1. The van der Waals surface area contributed by atoms with E-state index in [-0.39, 0.29) is 10.7 Å². The SMILES string of the molecule is CCOc1cc(-c2cc(NCCc3c(C)sc4c(C)ccc(F)c34)ncn2)sc1C(=O)O. The number of aryl methyl sites for hydroxylation is 2. The number of halogens is 1. The molecule has 6 nitrogen and oxygen atoms in total. The van der Waals surface area contributed by atoms with Crippen molar-refractivity contribution in [1.29, 1.82) is 0 Å². The molecule has 4 aromatic rings. The molecule has 0 saturated heterocycles. The van der Waals surface area contributed by atoms with Crippen LogP contribution in [0.4, 0.5) is 10.2 Å². The van der Waals surface area contributed by atoms with Crippen LogP contribution in [0.15, 0.2) is 30.6 Å². The number of carbonyl (C=O) groups is 1. The largest absolute Gasteiger partial charge is 0.492 e. The van der Waals surface area contributed by atoms with Crippen LogP contribution >= 0.6 is 22.7 Å². The van der Waals surface area contributed by atoms with Crippen LogP contribution in [0, 0.1) is 19.7 Å². The maximum Gasteiger partial charge on any atom is 0.349 e. The van der Waals surface area contributed by atoms with Crippen LogP contribution in [-0.2, 0) is 6.42 Å². The topological polar surface area (TPSA) is 84.3 Å². The highest BCUT2D eigenvalue weighted by Gasteiger charge is 2.19. The molecule has 0 bridgehead atoms. The first-order valence-corrected chi connectivity index (χ1v) is 11.8. The Kier molecular flexibility index (Phi) is 6.38. The van der Waals surface area contributed by atoms with Gasteiger partial charge in [0.25, 0.3) is 0 Å². The molecule has 166 valence electrons. The standard InChI is InChI=1S/C23H22FN3O3S2/c1-4-30-17-10-18(32-22(17)23(28)29)16-9-19(27-11-26-16)25-8-7-14-13(3)31-21-12(2)5-6-15(24)20(14)21/h5-6,9-11H,4,7-8H2,1-3H3,(H,28,29)(H,25,26,27). The third kappa shape index (κ3) is 4.31. The van der Waals surface area contributed by atoms with E-state index in [4.69, 9.17) is 4.74 Å². The number of hydrogen-bond donors (Lipinski definition) is 2. The van der Waals surface area contributed by atoms with Crippen molar-refractivity contribution in [1.82, 2.24) is 9.97 Å². The number of aromatic carboxylic acids is 1. The molecule has 0 unspecified atom stereocenters. The Morgan fingerprint density at radius 3 is 2.78 bits per heavy atom. The van der Waals surface area contributed by atoms with Crippen LogP contribution in [0.2, 0.25) is 0 Å². The van der Waals surface area contributed by atoms with E-state index in [1.165, 1.54) is 12.4 Å². The summed E-state index contributed by atoms with van der Waals surface area (Å²) in [6.45, 7) is 6.78. The summed E-state index contributed by atoms with van der Waals surface area (Å²) < 4.78 is 20.9. The molecular weight excluding hydrogens is 449 g/mol. The fraction of sp³-hybridized carbons (Fsp3) is 0.261. The number of ether oxygens (including phenoxy) is 1. The molecule has 9 heteroatoms. The molecule has 0 aliphatic rings. The Hall–Kier alpha value is -3.04. The van der Waals surface area contributed by atoms with E-state index in [1.54, 1.807) is 30.4 Å². The summed E-state index contributed by atoms with van der Waals surface area (Å²) in [5, 5.41) is 13.4. The van der Waals surface area contributed by atoms with E-state index in [0.29, 0.717) is 47.1 Å². The van der Waals surface area contributed by atoms with Gasteiger partial charge in [0.2, 0.25) is 0 Å². The molecule has 0 atom stereocenters. The van der Waals surface area contributed by atoms with Crippen molar-refractivity contribution in [2.24, 2.45) is 0 Å². The van der Waals surface area contributed by atoms with Gasteiger partial charge in [-0.15, -0.1) is 22.7 Å². The summed E-state index contributed by atoms with van der Waals surface area (Å²) in [7, 11) is 0. The van der Waals surface area contributed by atoms with Crippen LogP contribution in [0.1, 0.15) is 32.6 Å². The van der Waals surface area contributed by atoms with Crippen LogP contribution in [-0.4, -0.2) is 34.2 Å². The van der Waals surface area contributed by atoms with Gasteiger partial charge in [-0.1, -0.05) is 6.07 Å². The predicted molar refractivity (Wildman–Crippen MR) is 127 cm³/mol. The molecule has 0 aliphatic carbocycles. The quantitative estimate of drug-likeness (QED) is 0.331. The summed E-state index contributed by atoms with van der Waals surface area (Å²) in [6, 6.07) is 6.81. The molecular formula is C23H22FN3O3S2. The highest BCUT2D eigenvalue weighted by molar-refractivity contribution is 7.19.